The lowest BCUT2D eigenvalue weighted by Gasteiger charge is -2.20. The Morgan fingerprint density at radius 2 is 1.67 bits per heavy atom. The van der Waals surface area contributed by atoms with E-state index in [0.29, 0.717) is 0 Å². The molecule has 12 heavy (non-hydrogen) atoms. The molecule has 0 aliphatic carbocycles. The van der Waals surface area contributed by atoms with Crippen LogP contribution in [-0.2, 0) is 4.74 Å². The Bertz CT molecular complexity index is 263. The van der Waals surface area contributed by atoms with Crippen molar-refractivity contribution < 1.29 is 4.74 Å². The average molecular weight is 166 g/mol. The molecule has 0 amide bonds. The highest BCUT2D eigenvalue weighted by atomic mass is 16.5. The summed E-state index contributed by atoms with van der Waals surface area (Å²) in [5, 5.41) is 0. The first-order valence-corrected chi connectivity index (χ1v) is 4.41. The van der Waals surface area contributed by atoms with E-state index in [1.54, 1.807) is 0 Å². The maximum Gasteiger partial charge on any atom is 0.125 e. The molecule has 0 saturated heterocycles. The van der Waals surface area contributed by atoms with Gasteiger partial charge in [-0.2, -0.15) is 0 Å². The molecule has 1 heterocycles. The minimum absolute atomic E-state index is 0.101. The summed E-state index contributed by atoms with van der Waals surface area (Å²) in [7, 11) is 0. The Morgan fingerprint density at radius 3 is 1.83 bits per heavy atom. The maximum absolute atomic E-state index is 5.84. The Morgan fingerprint density at radius 1 is 1.17 bits per heavy atom. The molecule has 0 aromatic heterocycles. The third-order valence-corrected chi connectivity index (χ3v) is 2.62. The number of hydrogen-bond donors (Lipinski definition) is 0. The van der Waals surface area contributed by atoms with Crippen molar-refractivity contribution in [2.45, 2.75) is 47.1 Å². The summed E-state index contributed by atoms with van der Waals surface area (Å²) in [4.78, 5) is 0. The Kier molecular flexibility index (Phi) is 2.07. The number of allylic oxidation sites excluding steroid dienone is 2. The van der Waals surface area contributed by atoms with E-state index in [9.17, 15) is 0 Å². The van der Waals surface area contributed by atoms with E-state index in [1.807, 2.05) is 0 Å². The molecule has 0 bridgehead atoms. The Hall–Kier alpha value is -0.720. The number of hydrogen-bond acceptors (Lipinski definition) is 1. The van der Waals surface area contributed by atoms with Crippen molar-refractivity contribution in [1.29, 1.82) is 0 Å². The van der Waals surface area contributed by atoms with E-state index in [-0.39, 0.29) is 5.60 Å². The zero-order chi connectivity index (χ0) is 9.52. The summed E-state index contributed by atoms with van der Waals surface area (Å²) in [5.41, 5.74) is 3.81. The Balaban J connectivity index is 3.17. The van der Waals surface area contributed by atoms with Crippen molar-refractivity contribution in [1.82, 2.24) is 0 Å². The van der Waals surface area contributed by atoms with Gasteiger partial charge in [-0.05, 0) is 58.3 Å². The lowest BCUT2D eigenvalue weighted by Crippen LogP contribution is -2.19. The topological polar surface area (TPSA) is 9.23 Å². The predicted molar refractivity (Wildman–Crippen MR) is 51.9 cm³/mol. The summed E-state index contributed by atoms with van der Waals surface area (Å²) < 4.78 is 5.84. The van der Waals surface area contributed by atoms with Crippen LogP contribution in [0.15, 0.2) is 22.5 Å². The molecule has 0 N–H and O–H groups in total. The van der Waals surface area contributed by atoms with Crippen LogP contribution in [0.2, 0.25) is 0 Å². The summed E-state index contributed by atoms with van der Waals surface area (Å²) >= 11 is 0. The van der Waals surface area contributed by atoms with Crippen molar-refractivity contribution in [2.24, 2.45) is 0 Å². The summed E-state index contributed by atoms with van der Waals surface area (Å²) in [6, 6.07) is 0. The first-order valence-electron chi connectivity index (χ1n) is 4.41. The van der Waals surface area contributed by atoms with Gasteiger partial charge in [-0.15, -0.1) is 0 Å². The van der Waals surface area contributed by atoms with Crippen LogP contribution in [0.4, 0.5) is 0 Å². The van der Waals surface area contributed by atoms with Gasteiger partial charge < -0.3 is 4.74 Å². The van der Waals surface area contributed by atoms with Gasteiger partial charge in [0.15, 0.2) is 0 Å². The molecule has 0 aromatic carbocycles. The second kappa shape index (κ2) is 2.65. The van der Waals surface area contributed by atoms with Gasteiger partial charge in [0.1, 0.15) is 11.4 Å². The van der Waals surface area contributed by atoms with Crippen molar-refractivity contribution in [3.05, 3.63) is 22.5 Å². The van der Waals surface area contributed by atoms with Gasteiger partial charge in [0.05, 0.1) is 0 Å². The molecule has 0 saturated carbocycles. The molecule has 1 rings (SSSR count). The maximum atomic E-state index is 5.84. The van der Waals surface area contributed by atoms with Gasteiger partial charge in [0, 0.05) is 0 Å². The number of ether oxygens (including phenoxy) is 1. The zero-order valence-corrected chi connectivity index (χ0v) is 8.91. The summed E-state index contributed by atoms with van der Waals surface area (Å²) in [6.07, 6.45) is 0. The molecule has 1 aliphatic rings. The monoisotopic (exact) mass is 166 g/mol. The molecule has 0 spiro atoms. The molecule has 0 fully saturated rings. The molecular formula is C11H18O. The van der Waals surface area contributed by atoms with E-state index in [0.717, 1.165) is 5.76 Å². The van der Waals surface area contributed by atoms with Crippen molar-refractivity contribution >= 4 is 0 Å². The fourth-order valence-electron chi connectivity index (χ4n) is 1.51. The highest BCUT2D eigenvalue weighted by Gasteiger charge is 2.32. The zero-order valence-electron chi connectivity index (χ0n) is 8.91. The van der Waals surface area contributed by atoms with Crippen LogP contribution < -0.4 is 0 Å². The third-order valence-electron chi connectivity index (χ3n) is 2.62. The fourth-order valence-corrected chi connectivity index (χ4v) is 1.51. The fraction of sp³-hybridized carbons (Fsp3) is 0.636. The highest BCUT2D eigenvalue weighted by Crippen LogP contribution is 2.38. The van der Waals surface area contributed by atoms with Crippen molar-refractivity contribution in [3.8, 4) is 0 Å². The standard InChI is InChI=1S/C11H18O/c1-7(2)10-8(3)9(4)11(5,6)12-10/h1-6H3. The van der Waals surface area contributed by atoms with Crippen LogP contribution in [0.5, 0.6) is 0 Å². The van der Waals surface area contributed by atoms with E-state index >= 15 is 0 Å². The van der Waals surface area contributed by atoms with Crippen LogP contribution in [0.1, 0.15) is 41.5 Å². The van der Waals surface area contributed by atoms with Crippen molar-refractivity contribution in [2.75, 3.05) is 0 Å². The first kappa shape index (κ1) is 9.37. The van der Waals surface area contributed by atoms with Crippen molar-refractivity contribution in [3.63, 3.8) is 0 Å². The van der Waals surface area contributed by atoms with E-state index in [2.05, 4.69) is 41.5 Å². The average Bonchev–Trinajstić information content (AvgIpc) is 2.14. The van der Waals surface area contributed by atoms with Crippen LogP contribution in [-0.4, -0.2) is 5.60 Å². The first-order chi connectivity index (χ1) is 5.36. The van der Waals surface area contributed by atoms with Crippen LogP contribution >= 0.6 is 0 Å². The van der Waals surface area contributed by atoms with Crippen LogP contribution in [0.3, 0.4) is 0 Å². The molecular weight excluding hydrogens is 148 g/mol. The van der Waals surface area contributed by atoms with Gasteiger partial charge in [-0.25, -0.2) is 0 Å². The molecule has 68 valence electrons. The van der Waals surface area contributed by atoms with Gasteiger partial charge in [-0.3, -0.25) is 0 Å². The summed E-state index contributed by atoms with van der Waals surface area (Å²) in [5.74, 6) is 1.08. The lowest BCUT2D eigenvalue weighted by atomic mass is 9.97. The van der Waals surface area contributed by atoms with E-state index in [1.165, 1.54) is 16.7 Å². The molecule has 0 radical (unpaired) electrons. The molecule has 0 atom stereocenters. The van der Waals surface area contributed by atoms with Gasteiger partial charge in [-0.1, -0.05) is 0 Å². The molecule has 1 nitrogen and oxygen atoms in total. The second-order valence-electron chi connectivity index (χ2n) is 4.19. The highest BCUT2D eigenvalue weighted by molar-refractivity contribution is 5.40. The predicted octanol–water partition coefficient (Wildman–Crippen LogP) is 3.43. The Labute approximate surface area is 75.1 Å². The molecule has 0 unspecified atom stereocenters. The molecule has 1 heteroatoms. The minimum atomic E-state index is -0.101. The van der Waals surface area contributed by atoms with Crippen LogP contribution in [0.25, 0.3) is 0 Å². The largest absolute Gasteiger partial charge is 0.483 e. The van der Waals surface area contributed by atoms with E-state index < -0.39 is 0 Å². The van der Waals surface area contributed by atoms with Gasteiger partial charge in [0.25, 0.3) is 0 Å². The van der Waals surface area contributed by atoms with Crippen LogP contribution in [0, 0.1) is 0 Å². The quantitative estimate of drug-likeness (QED) is 0.535. The van der Waals surface area contributed by atoms with Gasteiger partial charge in [0.2, 0.25) is 0 Å². The lowest BCUT2D eigenvalue weighted by molar-refractivity contribution is 0.0914. The number of rotatable bonds is 0. The summed E-state index contributed by atoms with van der Waals surface area (Å²) in [6.45, 7) is 12.7. The third kappa shape index (κ3) is 1.28. The second-order valence-corrected chi connectivity index (χ2v) is 4.19. The molecule has 0 aromatic rings. The smallest absolute Gasteiger partial charge is 0.125 e. The van der Waals surface area contributed by atoms with E-state index in [4.69, 9.17) is 4.74 Å². The minimum Gasteiger partial charge on any atom is -0.483 e. The molecule has 1 aliphatic heterocycles. The van der Waals surface area contributed by atoms with Gasteiger partial charge >= 0.3 is 0 Å². The normalized spacial score (nSPS) is 21.3. The SMILES string of the molecule is CC(C)=C1OC(C)(C)C(C)=C1C.